The van der Waals surface area contributed by atoms with Crippen molar-refractivity contribution in [2.24, 2.45) is 11.8 Å². The number of nitrogens with one attached hydrogen (secondary N) is 2. The molecule has 5 heteroatoms. The summed E-state index contributed by atoms with van der Waals surface area (Å²) < 4.78 is 0. The largest absolute Gasteiger partial charge is 0.344 e. The number of piperidine rings is 1. The highest BCUT2D eigenvalue weighted by molar-refractivity contribution is 5.88. The number of hydrogen-bond donors (Lipinski definition) is 2. The number of likely N-dealkylation sites (tertiary alicyclic amines) is 1. The molecule has 0 aromatic heterocycles. The number of rotatable bonds is 4. The summed E-state index contributed by atoms with van der Waals surface area (Å²) in [5, 5.41) is 6.06. The van der Waals surface area contributed by atoms with Crippen LogP contribution in [0.5, 0.6) is 0 Å². The molecule has 3 atom stereocenters. The van der Waals surface area contributed by atoms with Crippen molar-refractivity contribution in [3.8, 4) is 0 Å². The summed E-state index contributed by atoms with van der Waals surface area (Å²) in [5.41, 5.74) is 0. The quantitative estimate of drug-likeness (QED) is 0.799. The van der Waals surface area contributed by atoms with Crippen molar-refractivity contribution < 1.29 is 9.59 Å². The molecule has 20 heavy (non-hydrogen) atoms. The van der Waals surface area contributed by atoms with E-state index in [9.17, 15) is 9.59 Å². The molecule has 114 valence electrons. The van der Waals surface area contributed by atoms with Gasteiger partial charge in [-0.15, -0.1) is 0 Å². The Hall–Kier alpha value is -1.10. The Bertz CT molecular complexity index is 368. The Labute approximate surface area is 121 Å². The summed E-state index contributed by atoms with van der Waals surface area (Å²) in [6.07, 6.45) is 3.33. The van der Waals surface area contributed by atoms with E-state index in [1.807, 2.05) is 11.8 Å². The van der Waals surface area contributed by atoms with Crippen LogP contribution in [0.3, 0.4) is 0 Å². The van der Waals surface area contributed by atoms with E-state index < -0.39 is 6.04 Å². The van der Waals surface area contributed by atoms with Crippen molar-refractivity contribution in [2.75, 3.05) is 19.6 Å². The van der Waals surface area contributed by atoms with Gasteiger partial charge in [0.15, 0.2) is 0 Å². The van der Waals surface area contributed by atoms with Gasteiger partial charge in [-0.2, -0.15) is 0 Å². The summed E-state index contributed by atoms with van der Waals surface area (Å²) in [7, 11) is 0. The van der Waals surface area contributed by atoms with E-state index in [1.54, 1.807) is 6.92 Å². The Morgan fingerprint density at radius 2 is 1.95 bits per heavy atom. The van der Waals surface area contributed by atoms with Crippen molar-refractivity contribution in [3.63, 3.8) is 0 Å². The fraction of sp³-hybridized carbons (Fsp3) is 0.867. The fourth-order valence-electron chi connectivity index (χ4n) is 2.96. The molecule has 0 radical (unpaired) electrons. The number of carbonyl (C=O) groups is 2. The molecule has 2 aliphatic rings. The van der Waals surface area contributed by atoms with E-state index in [0.717, 1.165) is 32.5 Å². The molecule has 3 unspecified atom stereocenters. The van der Waals surface area contributed by atoms with E-state index >= 15 is 0 Å². The second-order valence-electron chi connectivity index (χ2n) is 6.31. The number of nitrogens with zero attached hydrogens (tertiary/aromatic N) is 1. The van der Waals surface area contributed by atoms with E-state index in [-0.39, 0.29) is 17.7 Å². The molecule has 0 bridgehead atoms. The first kappa shape index (κ1) is 15.3. The third kappa shape index (κ3) is 3.32. The lowest BCUT2D eigenvalue weighted by Crippen LogP contribution is -2.54. The van der Waals surface area contributed by atoms with Crippen LogP contribution < -0.4 is 10.6 Å². The maximum atomic E-state index is 12.4. The SMILES string of the molecule is CC(NC(=O)C(C)C1CNC1)C(=O)N1CCCCC1C. The van der Waals surface area contributed by atoms with Crippen molar-refractivity contribution >= 4 is 11.8 Å². The van der Waals surface area contributed by atoms with E-state index in [1.165, 1.54) is 6.42 Å². The maximum Gasteiger partial charge on any atom is 0.245 e. The highest BCUT2D eigenvalue weighted by Crippen LogP contribution is 2.18. The van der Waals surface area contributed by atoms with Gasteiger partial charge in [0.1, 0.15) is 6.04 Å². The van der Waals surface area contributed by atoms with Crippen LogP contribution in [0, 0.1) is 11.8 Å². The summed E-state index contributed by atoms with van der Waals surface area (Å²) in [5.74, 6) is 0.447. The Morgan fingerprint density at radius 3 is 2.50 bits per heavy atom. The van der Waals surface area contributed by atoms with Crippen LogP contribution in [0.4, 0.5) is 0 Å². The number of carbonyl (C=O) groups excluding carboxylic acids is 2. The highest BCUT2D eigenvalue weighted by atomic mass is 16.2. The normalized spacial score (nSPS) is 26.6. The van der Waals surface area contributed by atoms with Crippen molar-refractivity contribution in [3.05, 3.63) is 0 Å². The first-order valence-electron chi connectivity index (χ1n) is 7.82. The van der Waals surface area contributed by atoms with Crippen LogP contribution in [-0.2, 0) is 9.59 Å². The topological polar surface area (TPSA) is 61.4 Å². The van der Waals surface area contributed by atoms with Gasteiger partial charge in [0, 0.05) is 18.5 Å². The van der Waals surface area contributed by atoms with Gasteiger partial charge < -0.3 is 15.5 Å². The molecular formula is C15H27N3O2. The molecule has 0 aromatic carbocycles. The van der Waals surface area contributed by atoms with Gasteiger partial charge in [0.2, 0.25) is 11.8 Å². The molecule has 0 aliphatic carbocycles. The van der Waals surface area contributed by atoms with E-state index in [0.29, 0.717) is 12.0 Å². The van der Waals surface area contributed by atoms with Gasteiger partial charge in [-0.05, 0) is 52.1 Å². The van der Waals surface area contributed by atoms with Gasteiger partial charge in [-0.1, -0.05) is 6.92 Å². The first-order valence-corrected chi connectivity index (χ1v) is 7.82. The van der Waals surface area contributed by atoms with E-state index in [2.05, 4.69) is 17.6 Å². The average Bonchev–Trinajstić information content (AvgIpc) is 2.36. The summed E-state index contributed by atoms with van der Waals surface area (Å²) in [6.45, 7) is 8.46. The Kier molecular flexibility index (Phi) is 5.02. The molecule has 2 heterocycles. The number of amides is 2. The van der Waals surface area contributed by atoms with Crippen molar-refractivity contribution in [2.45, 2.75) is 52.1 Å². The van der Waals surface area contributed by atoms with Gasteiger partial charge >= 0.3 is 0 Å². The van der Waals surface area contributed by atoms with Crippen molar-refractivity contribution in [1.82, 2.24) is 15.5 Å². The Morgan fingerprint density at radius 1 is 1.25 bits per heavy atom. The Balaban J connectivity index is 1.85. The second kappa shape index (κ2) is 6.57. The minimum atomic E-state index is -0.418. The van der Waals surface area contributed by atoms with Crippen LogP contribution in [0.1, 0.15) is 40.0 Å². The molecule has 2 rings (SSSR count). The lowest BCUT2D eigenvalue weighted by Gasteiger charge is -2.36. The molecule has 0 spiro atoms. The summed E-state index contributed by atoms with van der Waals surface area (Å²) >= 11 is 0. The van der Waals surface area contributed by atoms with Crippen LogP contribution in [0.2, 0.25) is 0 Å². The zero-order chi connectivity index (χ0) is 14.7. The zero-order valence-corrected chi connectivity index (χ0v) is 12.8. The number of hydrogen-bond acceptors (Lipinski definition) is 3. The monoisotopic (exact) mass is 281 g/mol. The van der Waals surface area contributed by atoms with Gasteiger partial charge in [0.05, 0.1) is 0 Å². The molecule has 2 amide bonds. The third-order valence-corrected chi connectivity index (χ3v) is 4.75. The predicted octanol–water partition coefficient (Wildman–Crippen LogP) is 0.748. The molecule has 2 N–H and O–H groups in total. The zero-order valence-electron chi connectivity index (χ0n) is 12.8. The first-order chi connectivity index (χ1) is 9.50. The second-order valence-corrected chi connectivity index (χ2v) is 6.31. The average molecular weight is 281 g/mol. The molecule has 5 nitrogen and oxygen atoms in total. The third-order valence-electron chi connectivity index (χ3n) is 4.75. The smallest absolute Gasteiger partial charge is 0.245 e. The molecule has 2 fully saturated rings. The van der Waals surface area contributed by atoms with Crippen LogP contribution >= 0.6 is 0 Å². The maximum absolute atomic E-state index is 12.4. The fourth-order valence-corrected chi connectivity index (χ4v) is 2.96. The lowest BCUT2D eigenvalue weighted by atomic mass is 9.88. The molecule has 2 aliphatic heterocycles. The van der Waals surface area contributed by atoms with Gasteiger partial charge in [-0.3, -0.25) is 9.59 Å². The van der Waals surface area contributed by atoms with Crippen molar-refractivity contribution in [1.29, 1.82) is 0 Å². The molecule has 0 saturated carbocycles. The summed E-state index contributed by atoms with van der Waals surface area (Å²) in [6, 6.07) is -0.123. The molecular weight excluding hydrogens is 254 g/mol. The van der Waals surface area contributed by atoms with Crippen LogP contribution in [0.25, 0.3) is 0 Å². The molecule has 0 aromatic rings. The van der Waals surface area contributed by atoms with E-state index in [4.69, 9.17) is 0 Å². The van der Waals surface area contributed by atoms with Gasteiger partial charge in [0.25, 0.3) is 0 Å². The van der Waals surface area contributed by atoms with Crippen LogP contribution in [0.15, 0.2) is 0 Å². The predicted molar refractivity (Wildman–Crippen MR) is 78.2 cm³/mol. The highest BCUT2D eigenvalue weighted by Gasteiger charge is 2.32. The van der Waals surface area contributed by atoms with Gasteiger partial charge in [-0.25, -0.2) is 0 Å². The van der Waals surface area contributed by atoms with Crippen LogP contribution in [-0.4, -0.2) is 48.4 Å². The minimum Gasteiger partial charge on any atom is -0.344 e. The molecule has 2 saturated heterocycles. The minimum absolute atomic E-state index is 0.00186. The standard InChI is InChI=1S/C15H27N3O2/c1-10-6-4-5-7-18(10)15(20)12(3)17-14(19)11(2)13-8-16-9-13/h10-13,16H,4-9H2,1-3H3,(H,17,19). The summed E-state index contributed by atoms with van der Waals surface area (Å²) in [4.78, 5) is 26.5. The lowest BCUT2D eigenvalue weighted by molar-refractivity contribution is -0.140.